The normalized spacial score (nSPS) is 30.8. The molecule has 0 unspecified atom stereocenters. The van der Waals surface area contributed by atoms with Crippen molar-refractivity contribution in [3.63, 3.8) is 0 Å². The SMILES string of the molecule is CC(=O)O[C@@H]1[C@H](OC(=O)c2ccccc2)C[C@H]2CC[C@@H]1N2C. The van der Waals surface area contributed by atoms with Crippen LogP contribution in [0.4, 0.5) is 0 Å². The standard InChI is InChI=1S/C17H21NO4/c1-11(19)21-16-14-9-8-13(18(14)2)10-15(16)22-17(20)12-6-4-3-5-7-12/h3-7,13-16H,8-10H2,1-2H3/t13-,14+,15-,16+/m1/s1. The average Bonchev–Trinajstić information content (AvgIpc) is 2.75. The maximum Gasteiger partial charge on any atom is 0.338 e. The lowest BCUT2D eigenvalue weighted by Gasteiger charge is -2.41. The maximum absolute atomic E-state index is 12.3. The summed E-state index contributed by atoms with van der Waals surface area (Å²) in [5, 5.41) is 0. The third kappa shape index (κ3) is 2.86. The summed E-state index contributed by atoms with van der Waals surface area (Å²) < 4.78 is 11.2. The average molecular weight is 303 g/mol. The number of hydrogen-bond acceptors (Lipinski definition) is 5. The zero-order valence-corrected chi connectivity index (χ0v) is 12.9. The second-order valence-electron chi connectivity index (χ2n) is 6.08. The second-order valence-corrected chi connectivity index (χ2v) is 6.08. The van der Waals surface area contributed by atoms with Crippen molar-refractivity contribution in [1.29, 1.82) is 0 Å². The highest BCUT2D eigenvalue weighted by molar-refractivity contribution is 5.89. The molecule has 0 radical (unpaired) electrons. The zero-order valence-electron chi connectivity index (χ0n) is 12.9. The molecule has 22 heavy (non-hydrogen) atoms. The molecule has 4 atom stereocenters. The van der Waals surface area contributed by atoms with Crippen molar-refractivity contribution in [2.75, 3.05) is 7.05 Å². The molecule has 0 N–H and O–H groups in total. The molecular formula is C17H21NO4. The van der Waals surface area contributed by atoms with Gasteiger partial charge in [0.2, 0.25) is 0 Å². The molecule has 2 bridgehead atoms. The largest absolute Gasteiger partial charge is 0.457 e. The molecule has 2 saturated heterocycles. The van der Waals surface area contributed by atoms with Crippen molar-refractivity contribution in [3.05, 3.63) is 35.9 Å². The molecule has 5 heteroatoms. The number of piperidine rings is 1. The quantitative estimate of drug-likeness (QED) is 0.800. The summed E-state index contributed by atoms with van der Waals surface area (Å²) in [6.07, 6.45) is 1.99. The maximum atomic E-state index is 12.3. The van der Waals surface area contributed by atoms with Crippen LogP contribution in [0.3, 0.4) is 0 Å². The Bertz CT molecular complexity index is 559. The van der Waals surface area contributed by atoms with Crippen LogP contribution in [-0.2, 0) is 14.3 Å². The summed E-state index contributed by atoms with van der Waals surface area (Å²) in [7, 11) is 2.05. The Kier molecular flexibility index (Phi) is 4.16. The lowest BCUT2D eigenvalue weighted by atomic mass is 9.97. The molecule has 0 saturated carbocycles. The summed E-state index contributed by atoms with van der Waals surface area (Å²) in [6, 6.07) is 9.45. The summed E-state index contributed by atoms with van der Waals surface area (Å²) in [4.78, 5) is 25.9. The minimum atomic E-state index is -0.381. The van der Waals surface area contributed by atoms with Gasteiger partial charge in [-0.2, -0.15) is 0 Å². The monoisotopic (exact) mass is 303 g/mol. The predicted octanol–water partition coefficient (Wildman–Crippen LogP) is 2.01. The van der Waals surface area contributed by atoms with Gasteiger partial charge in [0.1, 0.15) is 6.10 Å². The highest BCUT2D eigenvalue weighted by Crippen LogP contribution is 2.37. The smallest absolute Gasteiger partial charge is 0.338 e. The molecule has 0 aliphatic carbocycles. The number of hydrogen-bond donors (Lipinski definition) is 0. The van der Waals surface area contributed by atoms with Crippen molar-refractivity contribution in [2.45, 2.75) is 50.5 Å². The third-order valence-corrected chi connectivity index (χ3v) is 4.71. The molecule has 2 aliphatic heterocycles. The number of likely N-dealkylation sites (N-methyl/N-ethyl adjacent to an activating group) is 1. The fourth-order valence-electron chi connectivity index (χ4n) is 3.61. The highest BCUT2D eigenvalue weighted by atomic mass is 16.6. The van der Waals surface area contributed by atoms with Gasteiger partial charge in [-0.15, -0.1) is 0 Å². The molecule has 0 amide bonds. The van der Waals surface area contributed by atoms with Gasteiger partial charge in [0.15, 0.2) is 6.10 Å². The molecule has 5 nitrogen and oxygen atoms in total. The van der Waals surface area contributed by atoms with E-state index in [2.05, 4.69) is 4.90 Å². The summed E-state index contributed by atoms with van der Waals surface area (Å²) in [6.45, 7) is 1.40. The summed E-state index contributed by atoms with van der Waals surface area (Å²) in [5.41, 5.74) is 0.523. The number of rotatable bonds is 3. The van der Waals surface area contributed by atoms with Crippen molar-refractivity contribution >= 4 is 11.9 Å². The first-order chi connectivity index (χ1) is 10.6. The third-order valence-electron chi connectivity index (χ3n) is 4.71. The predicted molar refractivity (Wildman–Crippen MR) is 80.4 cm³/mol. The Morgan fingerprint density at radius 3 is 2.55 bits per heavy atom. The molecule has 2 aliphatic rings. The Hall–Kier alpha value is -1.88. The van der Waals surface area contributed by atoms with Crippen LogP contribution < -0.4 is 0 Å². The van der Waals surface area contributed by atoms with Crippen molar-refractivity contribution in [3.8, 4) is 0 Å². The highest BCUT2D eigenvalue weighted by Gasteiger charge is 2.49. The Labute approximate surface area is 130 Å². The van der Waals surface area contributed by atoms with Crippen molar-refractivity contribution in [1.82, 2.24) is 4.90 Å². The number of esters is 2. The number of benzene rings is 1. The van der Waals surface area contributed by atoms with Crippen LogP contribution in [0.1, 0.15) is 36.5 Å². The number of carbonyl (C=O) groups excluding carboxylic acids is 2. The van der Waals surface area contributed by atoms with Gasteiger partial charge in [-0.1, -0.05) is 18.2 Å². The topological polar surface area (TPSA) is 55.8 Å². The van der Waals surface area contributed by atoms with E-state index in [1.807, 2.05) is 13.1 Å². The van der Waals surface area contributed by atoms with Crippen LogP contribution >= 0.6 is 0 Å². The number of nitrogens with zero attached hydrogens (tertiary/aromatic N) is 1. The van der Waals surface area contributed by atoms with E-state index in [0.29, 0.717) is 18.0 Å². The fourth-order valence-corrected chi connectivity index (χ4v) is 3.61. The lowest BCUT2D eigenvalue weighted by molar-refractivity contribution is -0.162. The Balaban J connectivity index is 1.76. The molecule has 2 heterocycles. The zero-order chi connectivity index (χ0) is 15.7. The van der Waals surface area contributed by atoms with Gasteiger partial charge in [-0.05, 0) is 32.0 Å². The van der Waals surface area contributed by atoms with Crippen LogP contribution in [0, 0.1) is 0 Å². The van der Waals surface area contributed by atoms with E-state index in [-0.39, 0.29) is 30.2 Å². The van der Waals surface area contributed by atoms with Crippen molar-refractivity contribution in [2.24, 2.45) is 0 Å². The van der Waals surface area contributed by atoms with E-state index in [1.165, 1.54) is 6.92 Å². The van der Waals surface area contributed by atoms with Crippen LogP contribution in [-0.4, -0.2) is 48.2 Å². The molecule has 0 aromatic heterocycles. The second kappa shape index (κ2) is 6.08. The molecular weight excluding hydrogens is 282 g/mol. The number of fused-ring (bicyclic) bond motifs is 2. The summed E-state index contributed by atoms with van der Waals surface area (Å²) in [5.74, 6) is -0.684. The van der Waals surface area contributed by atoms with Gasteiger partial charge in [0.25, 0.3) is 0 Å². The van der Waals surface area contributed by atoms with E-state index in [1.54, 1.807) is 24.3 Å². The van der Waals surface area contributed by atoms with Crippen LogP contribution in [0.25, 0.3) is 0 Å². The first kappa shape index (κ1) is 15.0. The van der Waals surface area contributed by atoms with Gasteiger partial charge in [-0.3, -0.25) is 9.69 Å². The van der Waals surface area contributed by atoms with E-state index in [4.69, 9.17) is 9.47 Å². The summed E-state index contributed by atoms with van der Waals surface area (Å²) >= 11 is 0. The molecule has 1 aromatic carbocycles. The number of carbonyl (C=O) groups is 2. The molecule has 118 valence electrons. The minimum absolute atomic E-state index is 0.135. The van der Waals surface area contributed by atoms with Gasteiger partial charge < -0.3 is 9.47 Å². The van der Waals surface area contributed by atoms with Crippen LogP contribution in [0.5, 0.6) is 0 Å². The lowest BCUT2D eigenvalue weighted by Crippen LogP contribution is -2.55. The van der Waals surface area contributed by atoms with Crippen molar-refractivity contribution < 1.29 is 19.1 Å². The fraction of sp³-hybridized carbons (Fsp3) is 0.529. The molecule has 0 spiro atoms. The van der Waals surface area contributed by atoms with E-state index < -0.39 is 0 Å². The number of ether oxygens (including phenoxy) is 2. The molecule has 1 aromatic rings. The van der Waals surface area contributed by atoms with Crippen LogP contribution in [0.2, 0.25) is 0 Å². The Morgan fingerprint density at radius 1 is 1.14 bits per heavy atom. The Morgan fingerprint density at radius 2 is 1.86 bits per heavy atom. The molecule has 3 rings (SSSR count). The minimum Gasteiger partial charge on any atom is -0.457 e. The van der Waals surface area contributed by atoms with E-state index in [0.717, 1.165) is 12.8 Å². The van der Waals surface area contributed by atoms with Crippen LogP contribution in [0.15, 0.2) is 30.3 Å². The van der Waals surface area contributed by atoms with E-state index >= 15 is 0 Å². The molecule has 2 fully saturated rings. The van der Waals surface area contributed by atoms with Gasteiger partial charge in [0, 0.05) is 19.4 Å². The van der Waals surface area contributed by atoms with E-state index in [9.17, 15) is 9.59 Å². The first-order valence-corrected chi connectivity index (χ1v) is 7.71. The van der Waals surface area contributed by atoms with Gasteiger partial charge in [0.05, 0.1) is 11.6 Å². The first-order valence-electron chi connectivity index (χ1n) is 7.71. The van der Waals surface area contributed by atoms with Gasteiger partial charge in [-0.25, -0.2) is 4.79 Å². The van der Waals surface area contributed by atoms with Gasteiger partial charge >= 0.3 is 11.9 Å².